The van der Waals surface area contributed by atoms with E-state index in [-0.39, 0.29) is 5.91 Å². The number of benzene rings is 1. The van der Waals surface area contributed by atoms with Gasteiger partial charge < -0.3 is 14.5 Å². The van der Waals surface area contributed by atoms with E-state index in [9.17, 15) is 4.79 Å². The molecule has 4 aromatic rings. The molecular weight excluding hydrogens is 448 g/mol. The summed E-state index contributed by atoms with van der Waals surface area (Å²) in [5.41, 5.74) is 3.90. The fourth-order valence-corrected chi connectivity index (χ4v) is 5.65. The van der Waals surface area contributed by atoms with E-state index in [2.05, 4.69) is 30.0 Å². The summed E-state index contributed by atoms with van der Waals surface area (Å²) in [6, 6.07) is 12.2. The molecule has 0 atom stereocenters. The van der Waals surface area contributed by atoms with E-state index in [0.717, 1.165) is 71.2 Å². The summed E-state index contributed by atoms with van der Waals surface area (Å²) in [6.45, 7) is 6.56. The molecule has 0 aliphatic carbocycles. The van der Waals surface area contributed by atoms with Crippen LogP contribution in [0.1, 0.15) is 28.1 Å². The van der Waals surface area contributed by atoms with Crippen LogP contribution in [0.2, 0.25) is 0 Å². The maximum atomic E-state index is 13.1. The van der Waals surface area contributed by atoms with Crippen LogP contribution in [0.4, 0.5) is 5.82 Å². The van der Waals surface area contributed by atoms with Gasteiger partial charge in [-0.15, -0.1) is 11.3 Å². The summed E-state index contributed by atoms with van der Waals surface area (Å²) in [6.07, 6.45) is 4.04. The first-order valence-corrected chi connectivity index (χ1v) is 12.5. The minimum Gasteiger partial charge on any atom is -0.378 e. The predicted octanol–water partition coefficient (Wildman–Crippen LogP) is 3.93. The number of amides is 1. The Labute approximate surface area is 201 Å². The first-order valence-electron chi connectivity index (χ1n) is 11.7. The van der Waals surface area contributed by atoms with E-state index in [4.69, 9.17) is 19.8 Å². The molecule has 1 aromatic carbocycles. The molecular formula is C25H26N6O2S. The maximum absolute atomic E-state index is 13.1. The number of aryl methyl sites for hydroxylation is 1. The van der Waals surface area contributed by atoms with Gasteiger partial charge in [0.25, 0.3) is 11.9 Å². The first kappa shape index (κ1) is 21.2. The molecule has 3 aromatic heterocycles. The van der Waals surface area contributed by atoms with Crippen LogP contribution in [0.25, 0.3) is 27.4 Å². The lowest BCUT2D eigenvalue weighted by molar-refractivity contribution is 0.0797. The van der Waals surface area contributed by atoms with E-state index in [1.54, 1.807) is 4.68 Å². The van der Waals surface area contributed by atoms with E-state index >= 15 is 0 Å². The van der Waals surface area contributed by atoms with Gasteiger partial charge in [0.05, 0.1) is 34.0 Å². The number of likely N-dealkylation sites (tertiary alicyclic amines) is 1. The molecule has 0 radical (unpaired) electrons. The SMILES string of the molecule is Cc1cccc(-c2ccn(-c3nc(N4CCOCC4)c4sc(C(=O)N5CCCC5)cc4n3)n2)c1. The highest BCUT2D eigenvalue weighted by Crippen LogP contribution is 2.34. The third-order valence-electron chi connectivity index (χ3n) is 6.36. The van der Waals surface area contributed by atoms with Gasteiger partial charge in [-0.1, -0.05) is 23.8 Å². The van der Waals surface area contributed by atoms with Crippen molar-refractivity contribution in [3.8, 4) is 17.2 Å². The third-order valence-corrected chi connectivity index (χ3v) is 7.47. The van der Waals surface area contributed by atoms with Gasteiger partial charge in [0.2, 0.25) is 0 Å². The molecule has 2 fully saturated rings. The molecule has 5 heterocycles. The molecule has 34 heavy (non-hydrogen) atoms. The van der Waals surface area contributed by atoms with Crippen LogP contribution < -0.4 is 4.90 Å². The smallest absolute Gasteiger partial charge is 0.264 e. The average Bonchev–Trinajstić information content (AvgIpc) is 3.64. The number of ether oxygens (including phenoxy) is 1. The Morgan fingerprint density at radius 3 is 2.65 bits per heavy atom. The molecule has 0 saturated carbocycles. The summed E-state index contributed by atoms with van der Waals surface area (Å²) in [5.74, 6) is 1.45. The van der Waals surface area contributed by atoms with E-state index < -0.39 is 0 Å². The van der Waals surface area contributed by atoms with Crippen LogP contribution in [0.15, 0.2) is 42.6 Å². The fraction of sp³-hybridized carbons (Fsp3) is 0.360. The van der Waals surface area contributed by atoms with Crippen molar-refractivity contribution in [1.82, 2.24) is 24.6 Å². The zero-order valence-corrected chi connectivity index (χ0v) is 19.9. The number of fused-ring (bicyclic) bond motifs is 1. The van der Waals surface area contributed by atoms with Crippen molar-refractivity contribution in [2.45, 2.75) is 19.8 Å². The molecule has 2 aliphatic heterocycles. The largest absolute Gasteiger partial charge is 0.378 e. The van der Waals surface area contributed by atoms with Gasteiger partial charge in [-0.3, -0.25) is 4.79 Å². The lowest BCUT2D eigenvalue weighted by atomic mass is 10.1. The Kier molecular flexibility index (Phi) is 5.50. The molecule has 9 heteroatoms. The molecule has 2 aliphatic rings. The Morgan fingerprint density at radius 2 is 1.85 bits per heavy atom. The number of aromatic nitrogens is 4. The number of carbonyl (C=O) groups excluding carboxylic acids is 1. The molecule has 1 amide bonds. The predicted molar refractivity (Wildman–Crippen MR) is 133 cm³/mol. The Hall–Kier alpha value is -3.30. The van der Waals surface area contributed by atoms with Crippen LogP contribution in [-0.4, -0.2) is 69.9 Å². The number of anilines is 1. The van der Waals surface area contributed by atoms with Gasteiger partial charge in [0.1, 0.15) is 0 Å². The molecule has 0 unspecified atom stereocenters. The summed E-state index contributed by atoms with van der Waals surface area (Å²) in [5, 5.41) is 4.77. The topological polar surface area (TPSA) is 76.4 Å². The number of nitrogens with zero attached hydrogens (tertiary/aromatic N) is 6. The average molecular weight is 475 g/mol. The summed E-state index contributed by atoms with van der Waals surface area (Å²) in [4.78, 5) is 27.7. The number of hydrogen-bond donors (Lipinski definition) is 0. The van der Waals surface area contributed by atoms with Crippen molar-refractivity contribution >= 4 is 33.3 Å². The Balaban J connectivity index is 1.42. The summed E-state index contributed by atoms with van der Waals surface area (Å²) >= 11 is 1.49. The Bertz CT molecular complexity index is 1350. The standard InChI is InChI=1S/C25H26N6O2S/c1-17-5-4-6-18(15-17)19-7-10-31(28-19)25-26-20-16-21(24(32)30-8-2-3-9-30)34-22(20)23(27-25)29-11-13-33-14-12-29/h4-7,10,15-16H,2-3,8-9,11-14H2,1H3. The van der Waals surface area contributed by atoms with Crippen molar-refractivity contribution in [1.29, 1.82) is 0 Å². The van der Waals surface area contributed by atoms with Crippen LogP contribution in [-0.2, 0) is 4.74 Å². The van der Waals surface area contributed by atoms with Crippen LogP contribution in [0.3, 0.4) is 0 Å². The second-order valence-corrected chi connectivity index (χ2v) is 9.84. The highest BCUT2D eigenvalue weighted by molar-refractivity contribution is 7.21. The third kappa shape index (κ3) is 3.95. The first-order chi connectivity index (χ1) is 16.7. The van der Waals surface area contributed by atoms with E-state index in [0.29, 0.717) is 19.2 Å². The zero-order chi connectivity index (χ0) is 23.1. The maximum Gasteiger partial charge on any atom is 0.264 e. The lowest BCUT2D eigenvalue weighted by Gasteiger charge is -2.28. The highest BCUT2D eigenvalue weighted by Gasteiger charge is 2.25. The lowest BCUT2D eigenvalue weighted by Crippen LogP contribution is -2.37. The second kappa shape index (κ2) is 8.81. The van der Waals surface area contributed by atoms with Gasteiger partial charge >= 0.3 is 0 Å². The number of thiophene rings is 1. The molecule has 2 saturated heterocycles. The van der Waals surface area contributed by atoms with Crippen molar-refractivity contribution in [2.75, 3.05) is 44.3 Å². The van der Waals surface area contributed by atoms with Crippen LogP contribution in [0.5, 0.6) is 0 Å². The summed E-state index contributed by atoms with van der Waals surface area (Å²) < 4.78 is 8.23. The Morgan fingerprint density at radius 1 is 1.03 bits per heavy atom. The second-order valence-electron chi connectivity index (χ2n) is 8.79. The number of carbonyl (C=O) groups is 1. The molecule has 8 nitrogen and oxygen atoms in total. The van der Waals surface area contributed by atoms with Gasteiger partial charge in [0.15, 0.2) is 5.82 Å². The van der Waals surface area contributed by atoms with Gasteiger partial charge in [0, 0.05) is 37.9 Å². The molecule has 6 rings (SSSR count). The van der Waals surface area contributed by atoms with Crippen molar-refractivity contribution < 1.29 is 9.53 Å². The van der Waals surface area contributed by atoms with Crippen molar-refractivity contribution in [3.05, 3.63) is 53.0 Å². The zero-order valence-electron chi connectivity index (χ0n) is 19.1. The van der Waals surface area contributed by atoms with Gasteiger partial charge in [-0.2, -0.15) is 10.1 Å². The number of morpholine rings is 1. The monoisotopic (exact) mass is 474 g/mol. The van der Waals surface area contributed by atoms with Crippen LogP contribution >= 0.6 is 11.3 Å². The number of hydrogen-bond acceptors (Lipinski definition) is 7. The minimum atomic E-state index is 0.0933. The minimum absolute atomic E-state index is 0.0933. The fourth-order valence-electron chi connectivity index (χ4n) is 4.57. The molecule has 174 valence electrons. The highest BCUT2D eigenvalue weighted by atomic mass is 32.1. The van der Waals surface area contributed by atoms with Crippen LogP contribution in [0, 0.1) is 6.92 Å². The van der Waals surface area contributed by atoms with Crippen molar-refractivity contribution in [2.24, 2.45) is 0 Å². The molecule has 0 spiro atoms. The number of rotatable bonds is 4. The van der Waals surface area contributed by atoms with Gasteiger partial charge in [-0.05, 0) is 38.0 Å². The molecule has 0 bridgehead atoms. The van der Waals surface area contributed by atoms with E-state index in [1.165, 1.54) is 16.9 Å². The normalized spacial score (nSPS) is 16.5. The molecule has 0 N–H and O–H groups in total. The quantitative estimate of drug-likeness (QED) is 0.446. The van der Waals surface area contributed by atoms with E-state index in [1.807, 2.05) is 29.3 Å². The van der Waals surface area contributed by atoms with Crippen molar-refractivity contribution in [3.63, 3.8) is 0 Å². The van der Waals surface area contributed by atoms with Gasteiger partial charge in [-0.25, -0.2) is 9.67 Å². The summed E-state index contributed by atoms with van der Waals surface area (Å²) in [7, 11) is 0.